The zero-order valence-corrected chi connectivity index (χ0v) is 21.3. The van der Waals surface area contributed by atoms with Gasteiger partial charge in [-0.1, -0.05) is 6.07 Å². The molecule has 2 N–H and O–H groups in total. The summed E-state index contributed by atoms with van der Waals surface area (Å²) in [5, 5.41) is 1.98. The van der Waals surface area contributed by atoms with E-state index in [1.807, 2.05) is 17.5 Å². The number of nitrogens with one attached hydrogen (secondary N) is 2. The molecule has 0 atom stereocenters. The summed E-state index contributed by atoms with van der Waals surface area (Å²) in [6.45, 7) is 3.20. The van der Waals surface area contributed by atoms with Crippen molar-refractivity contribution in [1.29, 1.82) is 0 Å². The van der Waals surface area contributed by atoms with Gasteiger partial charge in [0.25, 0.3) is 11.5 Å². The molecule has 3 aromatic rings. The SMILES string of the molecule is O=C(c1ccc(F)cc1)C1CC[NH+](CC(=O)N(Cc2nc3c(c(=O)[nH]2)COCC3)Cc2cccs2)CC1. The van der Waals surface area contributed by atoms with Crippen molar-refractivity contribution in [3.05, 3.63) is 85.5 Å². The van der Waals surface area contributed by atoms with Crippen LogP contribution in [0.3, 0.4) is 0 Å². The Bertz CT molecular complexity index is 1300. The first-order chi connectivity index (χ1) is 18.0. The molecule has 1 fully saturated rings. The van der Waals surface area contributed by atoms with Crippen molar-refractivity contribution in [2.24, 2.45) is 5.92 Å². The molecule has 1 aromatic carbocycles. The van der Waals surface area contributed by atoms with E-state index < -0.39 is 0 Å². The molecule has 0 radical (unpaired) electrons. The number of rotatable bonds is 8. The van der Waals surface area contributed by atoms with Gasteiger partial charge in [0.1, 0.15) is 11.6 Å². The van der Waals surface area contributed by atoms with Gasteiger partial charge in [0, 0.05) is 35.6 Å². The Hall–Kier alpha value is -3.21. The van der Waals surface area contributed by atoms with Crippen LogP contribution < -0.4 is 10.5 Å². The number of carbonyl (C=O) groups excluding carboxylic acids is 2. The molecule has 0 aliphatic carbocycles. The topological polar surface area (TPSA) is 96.8 Å². The lowest BCUT2D eigenvalue weighted by Gasteiger charge is -2.30. The first kappa shape index (κ1) is 25.4. The van der Waals surface area contributed by atoms with Crippen LogP contribution in [0.4, 0.5) is 4.39 Å². The lowest BCUT2D eigenvalue weighted by Crippen LogP contribution is -3.14. The van der Waals surface area contributed by atoms with Gasteiger partial charge in [-0.2, -0.15) is 0 Å². The number of H-pyrrole nitrogens is 1. The molecule has 4 heterocycles. The summed E-state index contributed by atoms with van der Waals surface area (Å²) >= 11 is 1.58. The summed E-state index contributed by atoms with van der Waals surface area (Å²) in [5.74, 6) is 0.0347. The number of benzene rings is 1. The minimum atomic E-state index is -0.356. The number of aromatic amines is 1. The number of carbonyl (C=O) groups is 2. The van der Waals surface area contributed by atoms with Crippen molar-refractivity contribution in [2.45, 2.75) is 39.0 Å². The summed E-state index contributed by atoms with van der Waals surface area (Å²) in [6.07, 6.45) is 1.96. The Morgan fingerprint density at radius 3 is 2.68 bits per heavy atom. The highest BCUT2D eigenvalue weighted by atomic mass is 32.1. The molecule has 0 spiro atoms. The second-order valence-electron chi connectivity index (χ2n) is 9.64. The lowest BCUT2D eigenvalue weighted by molar-refractivity contribution is -0.898. The molecule has 2 aliphatic rings. The normalized spacial score (nSPS) is 19.3. The third-order valence-electron chi connectivity index (χ3n) is 7.09. The maximum Gasteiger partial charge on any atom is 0.278 e. The van der Waals surface area contributed by atoms with Crippen molar-refractivity contribution in [2.75, 3.05) is 26.2 Å². The smallest absolute Gasteiger partial charge is 0.278 e. The van der Waals surface area contributed by atoms with E-state index in [1.54, 1.807) is 16.2 Å². The third kappa shape index (κ3) is 6.20. The monoisotopic (exact) mass is 525 g/mol. The molecule has 10 heteroatoms. The molecular formula is C27H30FN4O4S+. The van der Waals surface area contributed by atoms with Gasteiger partial charge in [0.2, 0.25) is 0 Å². The standard InChI is InChI=1S/C27H29FN4O4S/c28-20-5-3-18(4-6-20)26(34)19-7-10-31(11-8-19)16-25(33)32(14-21-2-1-13-37-21)15-24-29-23-9-12-36-17-22(23)27(35)30-24/h1-6,13,19H,7-12,14-17H2,(H,29,30,35)/p+1. The molecular weight excluding hydrogens is 495 g/mol. The number of quaternary nitrogens is 1. The molecule has 37 heavy (non-hydrogen) atoms. The zero-order valence-electron chi connectivity index (χ0n) is 20.5. The lowest BCUT2D eigenvalue weighted by atomic mass is 9.89. The van der Waals surface area contributed by atoms with Crippen LogP contribution in [-0.4, -0.2) is 52.8 Å². The highest BCUT2D eigenvalue weighted by Crippen LogP contribution is 2.18. The number of halogens is 1. The molecule has 0 unspecified atom stereocenters. The fraction of sp³-hybridized carbons (Fsp3) is 0.407. The summed E-state index contributed by atoms with van der Waals surface area (Å²) in [5.41, 5.74) is 1.63. The molecule has 2 aromatic heterocycles. The molecule has 194 valence electrons. The van der Waals surface area contributed by atoms with E-state index in [4.69, 9.17) is 4.74 Å². The van der Waals surface area contributed by atoms with E-state index in [9.17, 15) is 18.8 Å². The number of likely N-dealkylation sites (tertiary alicyclic amines) is 1. The summed E-state index contributed by atoms with van der Waals surface area (Å²) in [7, 11) is 0. The van der Waals surface area contributed by atoms with Crippen LogP contribution in [0.1, 0.15) is 45.2 Å². The average molecular weight is 526 g/mol. The van der Waals surface area contributed by atoms with Crippen molar-refractivity contribution < 1.29 is 23.6 Å². The Morgan fingerprint density at radius 2 is 1.95 bits per heavy atom. The van der Waals surface area contributed by atoms with E-state index in [0.29, 0.717) is 69.0 Å². The number of amides is 1. The fourth-order valence-electron chi connectivity index (χ4n) is 5.01. The minimum absolute atomic E-state index is 0.0181. The Balaban J connectivity index is 1.23. The second-order valence-corrected chi connectivity index (χ2v) is 10.7. The number of hydrogen-bond donors (Lipinski definition) is 2. The summed E-state index contributed by atoms with van der Waals surface area (Å²) in [4.78, 5) is 50.2. The Kier molecular flexibility index (Phi) is 7.87. The van der Waals surface area contributed by atoms with Gasteiger partial charge in [-0.15, -0.1) is 11.3 Å². The van der Waals surface area contributed by atoms with Crippen molar-refractivity contribution >= 4 is 23.0 Å². The van der Waals surface area contributed by atoms with Gasteiger partial charge in [-0.3, -0.25) is 14.4 Å². The predicted molar refractivity (Wildman–Crippen MR) is 136 cm³/mol. The van der Waals surface area contributed by atoms with E-state index in [0.717, 1.165) is 15.5 Å². The number of fused-ring (bicyclic) bond motifs is 1. The van der Waals surface area contributed by atoms with Gasteiger partial charge < -0.3 is 19.5 Å². The second kappa shape index (κ2) is 11.5. The minimum Gasteiger partial charge on any atom is -0.376 e. The number of Topliss-reactive ketones (excluding diaryl/α,β-unsaturated/α-hetero) is 1. The zero-order chi connectivity index (χ0) is 25.8. The average Bonchev–Trinajstić information content (AvgIpc) is 3.42. The number of piperidine rings is 1. The van der Waals surface area contributed by atoms with E-state index in [-0.39, 0.29) is 42.1 Å². The first-order valence-corrected chi connectivity index (χ1v) is 13.5. The van der Waals surface area contributed by atoms with Crippen LogP contribution in [0.25, 0.3) is 0 Å². The fourth-order valence-corrected chi connectivity index (χ4v) is 5.73. The molecule has 1 saturated heterocycles. The van der Waals surface area contributed by atoms with Gasteiger partial charge >= 0.3 is 0 Å². The van der Waals surface area contributed by atoms with Crippen LogP contribution in [0.2, 0.25) is 0 Å². The van der Waals surface area contributed by atoms with E-state index in [1.165, 1.54) is 24.3 Å². The third-order valence-corrected chi connectivity index (χ3v) is 7.95. The first-order valence-electron chi connectivity index (χ1n) is 12.6. The number of ketones is 1. The highest BCUT2D eigenvalue weighted by molar-refractivity contribution is 7.09. The van der Waals surface area contributed by atoms with E-state index in [2.05, 4.69) is 9.97 Å². The number of hydrogen-bond acceptors (Lipinski definition) is 6. The van der Waals surface area contributed by atoms with Gasteiger partial charge in [0.05, 0.1) is 50.7 Å². The number of aromatic nitrogens is 2. The maximum absolute atomic E-state index is 13.5. The van der Waals surface area contributed by atoms with Crippen molar-refractivity contribution in [1.82, 2.24) is 14.9 Å². The van der Waals surface area contributed by atoms with Crippen molar-refractivity contribution in [3.8, 4) is 0 Å². The molecule has 8 nitrogen and oxygen atoms in total. The van der Waals surface area contributed by atoms with E-state index >= 15 is 0 Å². The molecule has 2 aliphatic heterocycles. The van der Waals surface area contributed by atoms with Crippen LogP contribution in [-0.2, 0) is 35.6 Å². The van der Waals surface area contributed by atoms with Crippen LogP contribution >= 0.6 is 11.3 Å². The van der Waals surface area contributed by atoms with Crippen LogP contribution in [0.5, 0.6) is 0 Å². The Labute approximate surface area is 218 Å². The van der Waals surface area contributed by atoms with Gasteiger partial charge in [-0.25, -0.2) is 9.37 Å². The maximum atomic E-state index is 13.5. The number of ether oxygens (including phenoxy) is 1. The quantitative estimate of drug-likeness (QED) is 0.437. The molecule has 1 amide bonds. The summed E-state index contributed by atoms with van der Waals surface area (Å²) in [6, 6.07) is 9.64. The van der Waals surface area contributed by atoms with Gasteiger partial charge in [-0.05, 0) is 35.7 Å². The van der Waals surface area contributed by atoms with Crippen LogP contribution in [0, 0.1) is 11.7 Å². The van der Waals surface area contributed by atoms with Crippen LogP contribution in [0.15, 0.2) is 46.6 Å². The largest absolute Gasteiger partial charge is 0.376 e. The van der Waals surface area contributed by atoms with Crippen molar-refractivity contribution in [3.63, 3.8) is 0 Å². The molecule has 5 rings (SSSR count). The molecule has 0 saturated carbocycles. The predicted octanol–water partition coefficient (Wildman–Crippen LogP) is 1.75. The number of thiophene rings is 1. The summed E-state index contributed by atoms with van der Waals surface area (Å²) < 4.78 is 18.6. The number of nitrogens with zero attached hydrogens (tertiary/aromatic N) is 2. The molecule has 0 bridgehead atoms. The Morgan fingerprint density at radius 1 is 1.16 bits per heavy atom. The van der Waals surface area contributed by atoms with Gasteiger partial charge in [0.15, 0.2) is 12.3 Å². The highest BCUT2D eigenvalue weighted by Gasteiger charge is 2.30.